The first kappa shape index (κ1) is 17.2. The smallest absolute Gasteiger partial charge is 0.409 e. The number of nitrogens with zero attached hydrogens (tertiary/aromatic N) is 3. The second-order valence-corrected chi connectivity index (χ2v) is 6.29. The molecule has 0 aliphatic carbocycles. The Labute approximate surface area is 145 Å². The van der Waals surface area contributed by atoms with Crippen LogP contribution in [0.1, 0.15) is 25.3 Å². The maximum Gasteiger partial charge on any atom is 0.409 e. The lowest BCUT2D eigenvalue weighted by molar-refractivity contribution is -0.384. The van der Waals surface area contributed by atoms with Crippen LogP contribution in [0.4, 0.5) is 16.2 Å². The summed E-state index contributed by atoms with van der Waals surface area (Å²) in [6, 6.07) is 4.65. The summed E-state index contributed by atoms with van der Waals surface area (Å²) < 4.78 is 5.02. The van der Waals surface area contributed by atoms with Crippen LogP contribution in [0.5, 0.6) is 0 Å². The van der Waals surface area contributed by atoms with Gasteiger partial charge in [0.1, 0.15) is 0 Å². The van der Waals surface area contributed by atoms with Gasteiger partial charge in [0.2, 0.25) is 5.91 Å². The highest BCUT2D eigenvalue weighted by Crippen LogP contribution is 2.33. The quantitative estimate of drug-likeness (QED) is 0.618. The molecule has 8 nitrogen and oxygen atoms in total. The number of ether oxygens (including phenoxy) is 1. The minimum atomic E-state index is -0.454. The van der Waals surface area contributed by atoms with Crippen LogP contribution in [0.2, 0.25) is 0 Å². The van der Waals surface area contributed by atoms with E-state index in [1.54, 1.807) is 22.8 Å². The molecule has 2 heterocycles. The molecule has 0 bridgehead atoms. The highest BCUT2D eigenvalue weighted by molar-refractivity contribution is 5.97. The van der Waals surface area contributed by atoms with E-state index in [0.29, 0.717) is 44.8 Å². The summed E-state index contributed by atoms with van der Waals surface area (Å²) in [6.07, 6.45) is 1.74. The average molecular weight is 347 g/mol. The van der Waals surface area contributed by atoms with Crippen molar-refractivity contribution in [1.82, 2.24) is 4.90 Å². The minimum Gasteiger partial charge on any atom is -0.450 e. The van der Waals surface area contributed by atoms with E-state index in [4.69, 9.17) is 4.74 Å². The van der Waals surface area contributed by atoms with Gasteiger partial charge in [0.25, 0.3) is 5.69 Å². The Balaban J connectivity index is 1.75. The molecule has 134 valence electrons. The number of piperidine rings is 1. The number of nitro benzene ring substituents is 1. The Morgan fingerprint density at radius 3 is 2.88 bits per heavy atom. The third-order valence-corrected chi connectivity index (χ3v) is 4.74. The Morgan fingerprint density at radius 2 is 2.16 bits per heavy atom. The summed E-state index contributed by atoms with van der Waals surface area (Å²) in [4.78, 5) is 38.6. The van der Waals surface area contributed by atoms with Gasteiger partial charge in [-0.3, -0.25) is 14.9 Å². The number of carbonyl (C=O) groups is 2. The zero-order valence-electron chi connectivity index (χ0n) is 14.1. The molecule has 1 aromatic carbocycles. The van der Waals surface area contributed by atoms with Gasteiger partial charge >= 0.3 is 6.09 Å². The first-order chi connectivity index (χ1) is 12.0. The molecular formula is C17H21N3O5. The molecule has 0 spiro atoms. The van der Waals surface area contributed by atoms with Gasteiger partial charge in [0.15, 0.2) is 0 Å². The predicted octanol–water partition coefficient (Wildman–Crippen LogP) is 2.35. The molecule has 0 aromatic heterocycles. The van der Waals surface area contributed by atoms with Crippen LogP contribution < -0.4 is 4.90 Å². The largest absolute Gasteiger partial charge is 0.450 e. The van der Waals surface area contributed by atoms with Crippen LogP contribution in [0.25, 0.3) is 0 Å². The molecule has 2 aliphatic rings. The Morgan fingerprint density at radius 1 is 1.36 bits per heavy atom. The van der Waals surface area contributed by atoms with E-state index in [-0.39, 0.29) is 17.5 Å². The molecule has 1 fully saturated rings. The number of fused-ring (bicyclic) bond motifs is 1. The summed E-state index contributed by atoms with van der Waals surface area (Å²) in [5.41, 5.74) is 1.54. The standard InChI is InChI=1S/C17H21N3O5/c1-2-25-17(22)18-8-3-4-13(11-18)16(21)19-9-7-12-5-6-14(20(23)24)10-15(12)19/h5-6,10,13H,2-4,7-9,11H2,1H3. The van der Waals surface area contributed by atoms with Crippen molar-refractivity contribution < 1.29 is 19.2 Å². The Hall–Kier alpha value is -2.64. The highest BCUT2D eigenvalue weighted by atomic mass is 16.6. The summed E-state index contributed by atoms with van der Waals surface area (Å²) in [5, 5.41) is 11.0. The normalized spacial score (nSPS) is 19.5. The van der Waals surface area contributed by atoms with E-state index >= 15 is 0 Å². The number of carbonyl (C=O) groups excluding carboxylic acids is 2. The molecule has 1 atom stereocenters. The second kappa shape index (κ2) is 7.08. The number of likely N-dealkylation sites (tertiary alicyclic amines) is 1. The summed E-state index contributed by atoms with van der Waals surface area (Å²) in [7, 11) is 0. The molecule has 2 amide bonds. The highest BCUT2D eigenvalue weighted by Gasteiger charge is 2.35. The van der Waals surface area contributed by atoms with Crippen molar-refractivity contribution in [2.45, 2.75) is 26.2 Å². The lowest BCUT2D eigenvalue weighted by atomic mass is 9.96. The monoisotopic (exact) mass is 347 g/mol. The van der Waals surface area contributed by atoms with Crippen molar-refractivity contribution in [2.24, 2.45) is 5.92 Å². The van der Waals surface area contributed by atoms with Crippen LogP contribution in [0.3, 0.4) is 0 Å². The van der Waals surface area contributed by atoms with Crippen molar-refractivity contribution in [3.63, 3.8) is 0 Å². The van der Waals surface area contributed by atoms with E-state index in [9.17, 15) is 19.7 Å². The SMILES string of the molecule is CCOC(=O)N1CCCC(C(=O)N2CCc3ccc([N+](=O)[O-])cc32)C1. The number of hydrogen-bond acceptors (Lipinski definition) is 5. The fraction of sp³-hybridized carbons (Fsp3) is 0.529. The summed E-state index contributed by atoms with van der Waals surface area (Å²) >= 11 is 0. The van der Waals surface area contributed by atoms with Gasteiger partial charge in [0, 0.05) is 31.8 Å². The van der Waals surface area contributed by atoms with Crippen molar-refractivity contribution in [3.8, 4) is 0 Å². The molecule has 25 heavy (non-hydrogen) atoms. The fourth-order valence-electron chi connectivity index (χ4n) is 3.49. The van der Waals surface area contributed by atoms with Crippen LogP contribution >= 0.6 is 0 Å². The summed E-state index contributed by atoms with van der Waals surface area (Å²) in [5.74, 6) is -0.378. The molecule has 1 unspecified atom stereocenters. The van der Waals surface area contributed by atoms with Crippen molar-refractivity contribution in [3.05, 3.63) is 33.9 Å². The molecule has 8 heteroatoms. The Bertz CT molecular complexity index is 706. The maximum atomic E-state index is 12.9. The van der Waals surface area contributed by atoms with Crippen LogP contribution in [0.15, 0.2) is 18.2 Å². The number of benzene rings is 1. The predicted molar refractivity (Wildman–Crippen MR) is 90.5 cm³/mol. The number of anilines is 1. The average Bonchev–Trinajstić information content (AvgIpc) is 3.04. The maximum absolute atomic E-state index is 12.9. The zero-order valence-corrected chi connectivity index (χ0v) is 14.1. The van der Waals surface area contributed by atoms with Crippen LogP contribution in [-0.4, -0.2) is 48.1 Å². The minimum absolute atomic E-state index is 0.0183. The lowest BCUT2D eigenvalue weighted by Crippen LogP contribution is -2.46. The molecular weight excluding hydrogens is 326 g/mol. The number of non-ortho nitro benzene ring substituents is 1. The number of amides is 2. The van der Waals surface area contributed by atoms with Crippen LogP contribution in [0, 0.1) is 16.0 Å². The van der Waals surface area contributed by atoms with Gasteiger partial charge in [-0.15, -0.1) is 0 Å². The van der Waals surface area contributed by atoms with Gasteiger partial charge in [-0.2, -0.15) is 0 Å². The van der Waals surface area contributed by atoms with E-state index < -0.39 is 11.0 Å². The Kier molecular flexibility index (Phi) is 4.87. The molecule has 1 aromatic rings. The van der Waals surface area contributed by atoms with E-state index in [1.165, 1.54) is 12.1 Å². The third-order valence-electron chi connectivity index (χ3n) is 4.74. The summed E-state index contributed by atoms with van der Waals surface area (Å²) in [6.45, 7) is 3.49. The number of rotatable bonds is 3. The van der Waals surface area contributed by atoms with Gasteiger partial charge in [0.05, 0.1) is 23.1 Å². The molecule has 1 saturated heterocycles. The number of nitro groups is 1. The van der Waals surface area contributed by atoms with E-state index in [2.05, 4.69) is 0 Å². The first-order valence-electron chi connectivity index (χ1n) is 8.51. The molecule has 3 rings (SSSR count). The van der Waals surface area contributed by atoms with Crippen LogP contribution in [-0.2, 0) is 16.0 Å². The van der Waals surface area contributed by atoms with Crippen molar-refractivity contribution >= 4 is 23.4 Å². The first-order valence-corrected chi connectivity index (χ1v) is 8.51. The lowest BCUT2D eigenvalue weighted by Gasteiger charge is -2.33. The fourth-order valence-corrected chi connectivity index (χ4v) is 3.49. The van der Waals surface area contributed by atoms with Crippen molar-refractivity contribution in [2.75, 3.05) is 31.1 Å². The van der Waals surface area contributed by atoms with E-state index in [0.717, 1.165) is 12.0 Å². The second-order valence-electron chi connectivity index (χ2n) is 6.29. The zero-order chi connectivity index (χ0) is 18.0. The molecule has 0 N–H and O–H groups in total. The third kappa shape index (κ3) is 3.42. The van der Waals surface area contributed by atoms with E-state index in [1.807, 2.05) is 0 Å². The molecule has 2 aliphatic heterocycles. The molecule has 0 radical (unpaired) electrons. The van der Waals surface area contributed by atoms with Gasteiger partial charge in [-0.1, -0.05) is 6.07 Å². The number of hydrogen-bond donors (Lipinski definition) is 0. The van der Waals surface area contributed by atoms with Crippen molar-refractivity contribution in [1.29, 1.82) is 0 Å². The van der Waals surface area contributed by atoms with Gasteiger partial charge < -0.3 is 14.5 Å². The topological polar surface area (TPSA) is 93.0 Å². The molecule has 0 saturated carbocycles. The van der Waals surface area contributed by atoms with Gasteiger partial charge in [-0.25, -0.2) is 4.79 Å². The van der Waals surface area contributed by atoms with Gasteiger partial charge in [-0.05, 0) is 31.7 Å².